The van der Waals surface area contributed by atoms with E-state index in [0.29, 0.717) is 16.3 Å². The van der Waals surface area contributed by atoms with Crippen molar-refractivity contribution >= 4 is 34.9 Å². The number of carbonyl (C=O) groups excluding carboxylic acids is 3. The lowest BCUT2D eigenvalue weighted by Gasteiger charge is -2.13. The molecule has 2 aromatic carbocycles. The second-order valence-electron chi connectivity index (χ2n) is 5.56. The van der Waals surface area contributed by atoms with E-state index in [-0.39, 0.29) is 18.6 Å². The van der Waals surface area contributed by atoms with Crippen LogP contribution in [0.3, 0.4) is 0 Å². The van der Waals surface area contributed by atoms with Gasteiger partial charge in [0.1, 0.15) is 5.82 Å². The summed E-state index contributed by atoms with van der Waals surface area (Å²) >= 11 is 5.83. The first-order chi connectivity index (χ1) is 12.3. The lowest BCUT2D eigenvalue weighted by atomic mass is 10.1. The minimum absolute atomic E-state index is 0.0902. The Balaban J connectivity index is 1.80. The minimum Gasteiger partial charge on any atom is -0.453 e. The van der Waals surface area contributed by atoms with Crippen LogP contribution in [0.2, 0.25) is 5.02 Å². The molecule has 0 heterocycles. The monoisotopic (exact) mass is 377 g/mol. The number of halogens is 2. The topological polar surface area (TPSA) is 72.5 Å². The molecule has 5 nitrogen and oxygen atoms in total. The first-order valence-corrected chi connectivity index (χ1v) is 8.27. The van der Waals surface area contributed by atoms with Crippen LogP contribution in [0.1, 0.15) is 30.1 Å². The lowest BCUT2D eigenvalue weighted by molar-refractivity contribution is -0.153. The van der Waals surface area contributed by atoms with E-state index in [9.17, 15) is 18.8 Å². The van der Waals surface area contributed by atoms with E-state index >= 15 is 0 Å². The Bertz CT molecular complexity index is 807. The molecule has 0 unspecified atom stereocenters. The summed E-state index contributed by atoms with van der Waals surface area (Å²) in [6.45, 7) is 1.43. The normalized spacial score (nSPS) is 11.5. The van der Waals surface area contributed by atoms with Crippen LogP contribution in [0.4, 0.5) is 10.1 Å². The molecule has 1 atom stereocenters. The van der Waals surface area contributed by atoms with E-state index in [2.05, 4.69) is 5.32 Å². The van der Waals surface area contributed by atoms with E-state index in [4.69, 9.17) is 16.3 Å². The van der Waals surface area contributed by atoms with Crippen molar-refractivity contribution in [1.29, 1.82) is 0 Å². The van der Waals surface area contributed by atoms with Gasteiger partial charge in [0.2, 0.25) is 0 Å². The SMILES string of the molecule is C[C@@H](OC(=O)CCC(=O)c1ccc(F)cc1)C(=O)Nc1cccc(Cl)c1. The van der Waals surface area contributed by atoms with Crippen molar-refractivity contribution in [3.05, 3.63) is 64.9 Å². The largest absolute Gasteiger partial charge is 0.453 e. The first-order valence-electron chi connectivity index (χ1n) is 7.90. The smallest absolute Gasteiger partial charge is 0.307 e. The number of rotatable bonds is 7. The highest BCUT2D eigenvalue weighted by atomic mass is 35.5. The van der Waals surface area contributed by atoms with Crippen molar-refractivity contribution in [3.63, 3.8) is 0 Å². The van der Waals surface area contributed by atoms with Gasteiger partial charge >= 0.3 is 5.97 Å². The molecule has 0 saturated carbocycles. The molecular formula is C19H17ClFNO4. The maximum Gasteiger partial charge on any atom is 0.307 e. The van der Waals surface area contributed by atoms with E-state index in [1.807, 2.05) is 0 Å². The second-order valence-corrected chi connectivity index (χ2v) is 6.00. The highest BCUT2D eigenvalue weighted by Crippen LogP contribution is 2.15. The Morgan fingerprint density at radius 2 is 1.81 bits per heavy atom. The molecule has 1 N–H and O–H groups in total. The Hall–Kier alpha value is -2.73. The third-order valence-corrected chi connectivity index (χ3v) is 3.73. The van der Waals surface area contributed by atoms with E-state index in [1.54, 1.807) is 24.3 Å². The zero-order chi connectivity index (χ0) is 19.1. The van der Waals surface area contributed by atoms with Gasteiger partial charge in [-0.05, 0) is 49.4 Å². The molecule has 136 valence electrons. The quantitative estimate of drug-likeness (QED) is 0.584. The molecule has 0 aliphatic carbocycles. The third-order valence-electron chi connectivity index (χ3n) is 3.49. The van der Waals surface area contributed by atoms with E-state index in [1.165, 1.54) is 31.2 Å². The number of ether oxygens (including phenoxy) is 1. The van der Waals surface area contributed by atoms with Crippen LogP contribution in [0.5, 0.6) is 0 Å². The van der Waals surface area contributed by atoms with Crippen molar-refractivity contribution in [2.75, 3.05) is 5.32 Å². The van der Waals surface area contributed by atoms with Crippen LogP contribution in [0, 0.1) is 5.82 Å². The number of amides is 1. The minimum atomic E-state index is -1.03. The molecule has 1 amide bonds. The summed E-state index contributed by atoms with van der Waals surface area (Å²) in [6.07, 6.45) is -1.29. The zero-order valence-corrected chi connectivity index (χ0v) is 14.8. The van der Waals surface area contributed by atoms with Crippen LogP contribution in [-0.4, -0.2) is 23.8 Å². The Morgan fingerprint density at radius 3 is 2.46 bits per heavy atom. The Labute approximate surface area is 155 Å². The Kier molecular flexibility index (Phi) is 6.86. The fourth-order valence-electron chi connectivity index (χ4n) is 2.12. The summed E-state index contributed by atoms with van der Waals surface area (Å²) in [5.74, 6) is -1.93. The molecule has 7 heteroatoms. The highest BCUT2D eigenvalue weighted by Gasteiger charge is 2.19. The van der Waals surface area contributed by atoms with Gasteiger partial charge in [-0.3, -0.25) is 14.4 Å². The number of esters is 1. The van der Waals surface area contributed by atoms with Crippen molar-refractivity contribution in [1.82, 2.24) is 0 Å². The fraction of sp³-hybridized carbons (Fsp3) is 0.211. The molecule has 0 radical (unpaired) electrons. The summed E-state index contributed by atoms with van der Waals surface area (Å²) < 4.78 is 17.9. The number of Topliss-reactive ketones (excluding diaryl/α,β-unsaturated/α-hetero) is 1. The van der Waals surface area contributed by atoms with Gasteiger partial charge in [-0.1, -0.05) is 17.7 Å². The average Bonchev–Trinajstić information content (AvgIpc) is 2.60. The van der Waals surface area contributed by atoms with Gasteiger partial charge in [0.05, 0.1) is 6.42 Å². The standard InChI is InChI=1S/C19H17ClFNO4/c1-12(19(25)22-16-4-2-3-14(20)11-16)26-18(24)10-9-17(23)13-5-7-15(21)8-6-13/h2-8,11-12H,9-10H2,1H3,(H,22,25)/t12-/m1/s1. The predicted octanol–water partition coefficient (Wildman–Crippen LogP) is 4.01. The van der Waals surface area contributed by atoms with Crippen LogP contribution in [0.15, 0.2) is 48.5 Å². The number of hydrogen-bond acceptors (Lipinski definition) is 4. The summed E-state index contributed by atoms with van der Waals surface area (Å²) in [6, 6.07) is 11.6. The van der Waals surface area contributed by atoms with Crippen molar-refractivity contribution < 1.29 is 23.5 Å². The van der Waals surface area contributed by atoms with Crippen LogP contribution >= 0.6 is 11.6 Å². The average molecular weight is 378 g/mol. The van der Waals surface area contributed by atoms with Crippen LogP contribution < -0.4 is 5.32 Å². The number of hydrogen-bond donors (Lipinski definition) is 1. The number of carbonyl (C=O) groups is 3. The molecule has 2 rings (SSSR count). The zero-order valence-electron chi connectivity index (χ0n) is 14.0. The van der Waals surface area contributed by atoms with Gasteiger partial charge in [0.15, 0.2) is 11.9 Å². The summed E-state index contributed by atoms with van der Waals surface area (Å²) in [4.78, 5) is 35.8. The molecule has 0 fully saturated rings. The van der Waals surface area contributed by atoms with Gasteiger partial charge in [0, 0.05) is 22.7 Å². The molecule has 0 aliphatic heterocycles. The van der Waals surface area contributed by atoms with Crippen molar-refractivity contribution in [3.8, 4) is 0 Å². The van der Waals surface area contributed by atoms with Gasteiger partial charge in [-0.2, -0.15) is 0 Å². The van der Waals surface area contributed by atoms with Crippen molar-refractivity contribution in [2.45, 2.75) is 25.9 Å². The van der Waals surface area contributed by atoms with Gasteiger partial charge in [0.25, 0.3) is 5.91 Å². The van der Waals surface area contributed by atoms with Gasteiger partial charge in [-0.25, -0.2) is 4.39 Å². The number of anilines is 1. The highest BCUT2D eigenvalue weighted by molar-refractivity contribution is 6.30. The van der Waals surface area contributed by atoms with E-state index < -0.39 is 23.8 Å². The summed E-state index contributed by atoms with van der Waals surface area (Å²) in [5.41, 5.74) is 0.794. The predicted molar refractivity (Wildman–Crippen MR) is 95.6 cm³/mol. The second kappa shape index (κ2) is 9.10. The molecule has 0 bridgehead atoms. The van der Waals surface area contributed by atoms with Crippen molar-refractivity contribution in [2.24, 2.45) is 0 Å². The molecule has 0 saturated heterocycles. The molecular weight excluding hydrogens is 361 g/mol. The maximum absolute atomic E-state index is 12.8. The number of benzene rings is 2. The first kappa shape index (κ1) is 19.6. The number of nitrogens with one attached hydrogen (secondary N) is 1. The third kappa shape index (κ3) is 5.97. The summed E-state index contributed by atoms with van der Waals surface area (Å²) in [7, 11) is 0. The van der Waals surface area contributed by atoms with Crippen LogP contribution in [0.25, 0.3) is 0 Å². The molecule has 26 heavy (non-hydrogen) atoms. The van der Waals surface area contributed by atoms with Gasteiger partial charge < -0.3 is 10.1 Å². The lowest BCUT2D eigenvalue weighted by Crippen LogP contribution is -2.30. The summed E-state index contributed by atoms with van der Waals surface area (Å²) in [5, 5.41) is 3.05. The molecule has 2 aromatic rings. The maximum atomic E-state index is 12.8. The van der Waals surface area contributed by atoms with Crippen LogP contribution in [-0.2, 0) is 14.3 Å². The van der Waals surface area contributed by atoms with E-state index in [0.717, 1.165) is 0 Å². The Morgan fingerprint density at radius 1 is 1.12 bits per heavy atom. The molecule has 0 spiro atoms. The fourth-order valence-corrected chi connectivity index (χ4v) is 2.31. The number of ketones is 1. The molecule has 0 aromatic heterocycles. The molecule has 0 aliphatic rings. The van der Waals surface area contributed by atoms with Gasteiger partial charge in [-0.15, -0.1) is 0 Å².